The lowest BCUT2D eigenvalue weighted by Gasteiger charge is -1.94. The standard InChI is InChI=1S/C8H8N2O.BH2O2/c1-10-5-3-6-2-4-9-7(6)8(10)11;2-1-3/h2-5,9H,1H3;2-3H. The monoisotopic (exact) mass is 193 g/mol. The Morgan fingerprint density at radius 2 is 2.07 bits per heavy atom. The summed E-state index contributed by atoms with van der Waals surface area (Å²) >= 11 is 0. The zero-order valence-corrected chi connectivity index (χ0v) is 7.64. The van der Waals surface area contributed by atoms with Gasteiger partial charge in [0, 0.05) is 24.8 Å². The highest BCUT2D eigenvalue weighted by molar-refractivity contribution is 6.13. The van der Waals surface area contributed by atoms with Gasteiger partial charge in [0.15, 0.2) is 0 Å². The van der Waals surface area contributed by atoms with Crippen LogP contribution in [0.15, 0.2) is 29.3 Å². The van der Waals surface area contributed by atoms with E-state index >= 15 is 0 Å². The summed E-state index contributed by atoms with van der Waals surface area (Å²) < 4.78 is 1.55. The molecule has 0 saturated carbocycles. The molecule has 2 rings (SSSR count). The van der Waals surface area contributed by atoms with Crippen molar-refractivity contribution in [2.24, 2.45) is 7.05 Å². The average Bonchev–Trinajstić information content (AvgIpc) is 2.61. The van der Waals surface area contributed by atoms with Gasteiger partial charge in [0.1, 0.15) is 5.52 Å². The SMILES string of the molecule is Cn1ccc2cc[nH]c2c1=O.O[B]O. The molecule has 2 heterocycles. The predicted octanol–water partition coefficient (Wildman–Crippen LogP) is -0.628. The summed E-state index contributed by atoms with van der Waals surface area (Å²) in [6, 6.07) is 3.80. The number of hydrogen-bond acceptors (Lipinski definition) is 3. The second kappa shape index (κ2) is 4.64. The number of nitrogens with one attached hydrogen (secondary N) is 1. The normalized spacial score (nSPS) is 9.36. The molecule has 5 nitrogen and oxygen atoms in total. The summed E-state index contributed by atoms with van der Waals surface area (Å²) in [6.45, 7) is 0. The van der Waals surface area contributed by atoms with Crippen LogP contribution in [-0.4, -0.2) is 27.3 Å². The van der Waals surface area contributed by atoms with Gasteiger partial charge in [0.05, 0.1) is 0 Å². The van der Waals surface area contributed by atoms with Crippen LogP contribution in [0.5, 0.6) is 0 Å². The van der Waals surface area contributed by atoms with Gasteiger partial charge in [-0.05, 0) is 12.1 Å². The molecule has 0 aliphatic carbocycles. The smallest absolute Gasteiger partial charge is 0.429 e. The van der Waals surface area contributed by atoms with Crippen LogP contribution in [0.2, 0.25) is 0 Å². The first-order valence-electron chi connectivity index (χ1n) is 3.93. The molecule has 0 unspecified atom stereocenters. The maximum atomic E-state index is 11.3. The summed E-state index contributed by atoms with van der Waals surface area (Å²) in [5.41, 5.74) is 0.697. The van der Waals surface area contributed by atoms with Crippen LogP contribution in [0.1, 0.15) is 0 Å². The number of aromatic amines is 1. The molecule has 0 aromatic carbocycles. The van der Waals surface area contributed by atoms with Crippen LogP contribution in [0, 0.1) is 0 Å². The van der Waals surface area contributed by atoms with Crippen molar-refractivity contribution in [1.82, 2.24) is 9.55 Å². The van der Waals surface area contributed by atoms with Gasteiger partial charge in [0.25, 0.3) is 5.56 Å². The third-order valence-electron chi connectivity index (χ3n) is 1.79. The topological polar surface area (TPSA) is 78.2 Å². The Morgan fingerprint density at radius 3 is 2.71 bits per heavy atom. The van der Waals surface area contributed by atoms with E-state index in [0.29, 0.717) is 5.52 Å². The first-order valence-corrected chi connectivity index (χ1v) is 3.93. The average molecular weight is 193 g/mol. The molecular formula is C8H10BN2O3. The van der Waals surface area contributed by atoms with E-state index in [9.17, 15) is 4.79 Å². The quantitative estimate of drug-likeness (QED) is 0.487. The Morgan fingerprint density at radius 1 is 1.43 bits per heavy atom. The van der Waals surface area contributed by atoms with Crippen LogP contribution in [-0.2, 0) is 7.05 Å². The fraction of sp³-hybridized carbons (Fsp3) is 0.125. The van der Waals surface area contributed by atoms with Gasteiger partial charge in [-0.25, -0.2) is 0 Å². The first kappa shape index (κ1) is 10.6. The summed E-state index contributed by atoms with van der Waals surface area (Å²) in [5, 5.41) is 15.0. The fourth-order valence-corrected chi connectivity index (χ4v) is 1.14. The Hall–Kier alpha value is -1.53. The van der Waals surface area contributed by atoms with E-state index < -0.39 is 0 Å². The first-order chi connectivity index (χ1) is 6.70. The van der Waals surface area contributed by atoms with Crippen molar-refractivity contribution in [2.45, 2.75) is 0 Å². The number of aromatic nitrogens is 2. The molecule has 14 heavy (non-hydrogen) atoms. The second-order valence-electron chi connectivity index (χ2n) is 2.66. The molecule has 0 fully saturated rings. The number of aryl methyl sites for hydroxylation is 1. The highest BCUT2D eigenvalue weighted by Gasteiger charge is 1.98. The lowest BCUT2D eigenvalue weighted by Crippen LogP contribution is -2.15. The number of pyridine rings is 1. The summed E-state index contributed by atoms with van der Waals surface area (Å²) in [6.07, 6.45) is 3.53. The minimum atomic E-state index is 0. The predicted molar refractivity (Wildman–Crippen MR) is 53.7 cm³/mol. The van der Waals surface area contributed by atoms with Gasteiger partial charge in [-0.15, -0.1) is 0 Å². The third kappa shape index (κ3) is 2.04. The highest BCUT2D eigenvalue weighted by atomic mass is 16.4. The zero-order chi connectivity index (χ0) is 10.6. The van der Waals surface area contributed by atoms with E-state index in [-0.39, 0.29) is 13.2 Å². The van der Waals surface area contributed by atoms with Crippen LogP contribution in [0.25, 0.3) is 10.9 Å². The minimum absolute atomic E-state index is 0. The van der Waals surface area contributed by atoms with Crippen molar-refractivity contribution in [3.05, 3.63) is 34.9 Å². The van der Waals surface area contributed by atoms with Crippen LogP contribution >= 0.6 is 0 Å². The molecule has 2 aromatic heterocycles. The Balaban J connectivity index is 0.000000293. The number of fused-ring (bicyclic) bond motifs is 1. The van der Waals surface area contributed by atoms with Crippen LogP contribution < -0.4 is 5.56 Å². The lowest BCUT2D eigenvalue weighted by molar-refractivity contribution is 0.448. The van der Waals surface area contributed by atoms with Gasteiger partial charge in [-0.1, -0.05) is 0 Å². The van der Waals surface area contributed by atoms with Crippen LogP contribution in [0.4, 0.5) is 0 Å². The summed E-state index contributed by atoms with van der Waals surface area (Å²) in [5.74, 6) is 0. The molecule has 1 radical (unpaired) electrons. The minimum Gasteiger partial charge on any atom is -0.429 e. The van der Waals surface area contributed by atoms with Gasteiger partial charge in [0.2, 0.25) is 0 Å². The molecule has 3 N–H and O–H groups in total. The van der Waals surface area contributed by atoms with E-state index in [1.165, 1.54) is 0 Å². The summed E-state index contributed by atoms with van der Waals surface area (Å²) in [7, 11) is 1.74. The van der Waals surface area contributed by atoms with Crippen molar-refractivity contribution >= 4 is 18.6 Å². The van der Waals surface area contributed by atoms with Gasteiger partial charge < -0.3 is 19.6 Å². The fourth-order valence-electron chi connectivity index (χ4n) is 1.14. The van der Waals surface area contributed by atoms with Crippen molar-refractivity contribution in [2.75, 3.05) is 0 Å². The Labute approximate surface area is 80.9 Å². The maximum Gasteiger partial charge on any atom is 0.482 e. The lowest BCUT2D eigenvalue weighted by atomic mass is 10.3. The number of rotatable bonds is 0. The molecule has 2 aromatic rings. The molecule has 6 heteroatoms. The zero-order valence-electron chi connectivity index (χ0n) is 7.64. The van der Waals surface area contributed by atoms with E-state index in [1.807, 2.05) is 12.1 Å². The van der Waals surface area contributed by atoms with Gasteiger partial charge in [-0.3, -0.25) is 4.79 Å². The Bertz CT molecular complexity index is 463. The molecular weight excluding hydrogens is 183 g/mol. The van der Waals surface area contributed by atoms with Crippen molar-refractivity contribution in [1.29, 1.82) is 0 Å². The second-order valence-corrected chi connectivity index (χ2v) is 2.66. The highest BCUT2D eigenvalue weighted by Crippen LogP contribution is 2.04. The van der Waals surface area contributed by atoms with Crippen molar-refractivity contribution in [3.63, 3.8) is 0 Å². The summed E-state index contributed by atoms with van der Waals surface area (Å²) in [4.78, 5) is 14.2. The molecule has 0 amide bonds. The van der Waals surface area contributed by atoms with Crippen molar-refractivity contribution in [3.8, 4) is 0 Å². The van der Waals surface area contributed by atoms with E-state index in [0.717, 1.165) is 5.39 Å². The van der Waals surface area contributed by atoms with Crippen molar-refractivity contribution < 1.29 is 10.0 Å². The van der Waals surface area contributed by atoms with Gasteiger partial charge in [-0.2, -0.15) is 0 Å². The number of H-pyrrole nitrogens is 1. The maximum absolute atomic E-state index is 11.3. The molecule has 0 atom stereocenters. The molecule has 0 spiro atoms. The largest absolute Gasteiger partial charge is 0.482 e. The number of hydrogen-bond donors (Lipinski definition) is 3. The van der Waals surface area contributed by atoms with Crippen LogP contribution in [0.3, 0.4) is 0 Å². The van der Waals surface area contributed by atoms with E-state index in [2.05, 4.69) is 4.98 Å². The molecule has 0 aliphatic heterocycles. The third-order valence-corrected chi connectivity index (χ3v) is 1.79. The molecule has 0 saturated heterocycles. The molecule has 0 aliphatic rings. The van der Waals surface area contributed by atoms with E-state index in [4.69, 9.17) is 10.0 Å². The molecule has 0 bridgehead atoms. The Kier molecular flexibility index (Phi) is 3.50. The molecule has 73 valence electrons. The number of nitrogens with zero attached hydrogens (tertiary/aromatic N) is 1. The van der Waals surface area contributed by atoms with E-state index in [1.54, 1.807) is 24.0 Å². The van der Waals surface area contributed by atoms with Gasteiger partial charge >= 0.3 is 7.69 Å².